The number of hydrogen-bond donors (Lipinski definition) is 0. The molecule has 0 amide bonds. The number of carbonyl (C=O) groups excluding carboxylic acids is 3. The fourth-order valence-corrected chi connectivity index (χ4v) is 9.09. The van der Waals surface area contributed by atoms with Gasteiger partial charge in [0.25, 0.3) is 0 Å². The van der Waals surface area contributed by atoms with Crippen LogP contribution in [0.1, 0.15) is 329 Å². The Bertz CT molecular complexity index is 1230. The van der Waals surface area contributed by atoms with E-state index in [0.717, 1.165) is 70.6 Å². The van der Waals surface area contributed by atoms with Crippen LogP contribution in [0, 0.1) is 0 Å². The topological polar surface area (TPSA) is 78.9 Å². The quantitative estimate of drug-likeness (QED) is 0.0261. The monoisotopic (exact) mass is 995 g/mol. The van der Waals surface area contributed by atoms with Crippen molar-refractivity contribution in [1.29, 1.82) is 0 Å². The highest BCUT2D eigenvalue weighted by atomic mass is 16.6. The molecular formula is C65H118O6. The third-order valence-corrected chi connectivity index (χ3v) is 13.8. The van der Waals surface area contributed by atoms with Gasteiger partial charge in [-0.1, -0.05) is 275 Å². The molecule has 0 saturated heterocycles. The predicted molar refractivity (Wildman–Crippen MR) is 307 cm³/mol. The maximum Gasteiger partial charge on any atom is 0.306 e. The van der Waals surface area contributed by atoms with Gasteiger partial charge in [0, 0.05) is 19.3 Å². The summed E-state index contributed by atoms with van der Waals surface area (Å²) >= 11 is 0. The molecule has 0 aromatic rings. The Labute approximate surface area is 441 Å². The molecule has 0 spiro atoms. The zero-order chi connectivity index (χ0) is 51.4. The molecule has 0 aromatic carbocycles. The first-order valence-corrected chi connectivity index (χ1v) is 31.1. The summed E-state index contributed by atoms with van der Waals surface area (Å²) in [6, 6.07) is 0. The van der Waals surface area contributed by atoms with Crippen molar-refractivity contribution in [3.05, 3.63) is 48.6 Å². The molecule has 0 bridgehead atoms. The molecule has 0 aliphatic heterocycles. The van der Waals surface area contributed by atoms with Gasteiger partial charge in [0.05, 0.1) is 0 Å². The van der Waals surface area contributed by atoms with E-state index >= 15 is 0 Å². The normalized spacial score (nSPS) is 12.3. The van der Waals surface area contributed by atoms with Crippen LogP contribution in [-0.4, -0.2) is 37.2 Å². The largest absolute Gasteiger partial charge is 0.462 e. The number of esters is 3. The summed E-state index contributed by atoms with van der Waals surface area (Å²) < 4.78 is 16.8. The minimum Gasteiger partial charge on any atom is -0.462 e. The van der Waals surface area contributed by atoms with Gasteiger partial charge in [-0.05, 0) is 83.5 Å². The highest BCUT2D eigenvalue weighted by Gasteiger charge is 2.19. The number of carbonyl (C=O) groups is 3. The van der Waals surface area contributed by atoms with Crippen molar-refractivity contribution in [2.75, 3.05) is 13.2 Å². The number of ether oxygens (including phenoxy) is 3. The van der Waals surface area contributed by atoms with Crippen LogP contribution in [0.25, 0.3) is 0 Å². The third-order valence-electron chi connectivity index (χ3n) is 13.8. The summed E-state index contributed by atoms with van der Waals surface area (Å²) in [5.74, 6) is -0.872. The van der Waals surface area contributed by atoms with Crippen molar-refractivity contribution in [3.63, 3.8) is 0 Å². The first-order valence-electron chi connectivity index (χ1n) is 31.1. The average Bonchev–Trinajstić information content (AvgIpc) is 3.37. The van der Waals surface area contributed by atoms with Gasteiger partial charge in [0.2, 0.25) is 0 Å². The van der Waals surface area contributed by atoms with Crippen molar-refractivity contribution in [3.8, 4) is 0 Å². The number of unbranched alkanes of at least 4 members (excludes halogenated alkanes) is 38. The summed E-state index contributed by atoms with van der Waals surface area (Å²) in [6.07, 6.45) is 74.4. The molecule has 0 aliphatic rings. The minimum atomic E-state index is -0.771. The molecule has 1 atom stereocenters. The Hall–Kier alpha value is -2.63. The molecule has 0 aromatic heterocycles. The van der Waals surface area contributed by atoms with E-state index in [-0.39, 0.29) is 31.1 Å². The average molecular weight is 996 g/mol. The van der Waals surface area contributed by atoms with Crippen LogP contribution in [0.5, 0.6) is 0 Å². The van der Waals surface area contributed by atoms with Crippen molar-refractivity contribution < 1.29 is 28.6 Å². The lowest BCUT2D eigenvalue weighted by Crippen LogP contribution is -2.30. The van der Waals surface area contributed by atoms with Gasteiger partial charge >= 0.3 is 17.9 Å². The van der Waals surface area contributed by atoms with E-state index < -0.39 is 6.10 Å². The van der Waals surface area contributed by atoms with Crippen molar-refractivity contribution in [2.45, 2.75) is 335 Å². The molecule has 414 valence electrons. The Morgan fingerprint density at radius 3 is 0.803 bits per heavy atom. The molecule has 0 aliphatic carbocycles. The molecule has 1 unspecified atom stereocenters. The summed E-state index contributed by atoms with van der Waals surface area (Å²) in [7, 11) is 0. The van der Waals surface area contributed by atoms with Gasteiger partial charge in [0.15, 0.2) is 6.10 Å². The lowest BCUT2D eigenvalue weighted by molar-refractivity contribution is -0.167. The van der Waals surface area contributed by atoms with Gasteiger partial charge in [-0.2, -0.15) is 0 Å². The Morgan fingerprint density at radius 2 is 0.507 bits per heavy atom. The van der Waals surface area contributed by atoms with E-state index in [1.54, 1.807) is 0 Å². The van der Waals surface area contributed by atoms with E-state index in [0.29, 0.717) is 19.3 Å². The smallest absolute Gasteiger partial charge is 0.306 e. The summed E-state index contributed by atoms with van der Waals surface area (Å²) in [4.78, 5) is 37.9. The van der Waals surface area contributed by atoms with Crippen LogP contribution in [0.2, 0.25) is 0 Å². The van der Waals surface area contributed by atoms with Crippen LogP contribution >= 0.6 is 0 Å². The number of hydrogen-bond acceptors (Lipinski definition) is 6. The number of allylic oxidation sites excluding steroid dienone is 8. The zero-order valence-corrected chi connectivity index (χ0v) is 47.5. The van der Waals surface area contributed by atoms with Crippen molar-refractivity contribution in [2.24, 2.45) is 0 Å². The van der Waals surface area contributed by atoms with Gasteiger partial charge < -0.3 is 14.2 Å². The first-order chi connectivity index (χ1) is 35.0. The summed E-state index contributed by atoms with van der Waals surface area (Å²) in [6.45, 7) is 6.60. The molecule has 0 heterocycles. The molecule has 6 nitrogen and oxygen atoms in total. The fraction of sp³-hybridized carbons (Fsp3) is 0.831. The first kappa shape index (κ1) is 68.4. The standard InChI is InChI=1S/C65H118O6/c1-4-7-10-13-16-18-20-22-24-26-28-29-30-31-32-33-34-35-36-37-38-40-41-43-45-47-49-52-55-58-64(67)70-61-62(60-69-63(66)57-54-51-15-12-9-6-3)71-65(68)59-56-53-50-48-46-44-42-39-27-25-23-21-19-17-14-11-8-5-2/h20,22,25-28,30-31,62H,4-19,21,23-24,29,32-61H2,1-3H3/b22-20-,27-25-,28-26-,31-30-. The van der Waals surface area contributed by atoms with Gasteiger partial charge in [-0.25, -0.2) is 0 Å². The summed E-state index contributed by atoms with van der Waals surface area (Å²) in [5.41, 5.74) is 0. The van der Waals surface area contributed by atoms with E-state index in [4.69, 9.17) is 14.2 Å². The van der Waals surface area contributed by atoms with Gasteiger partial charge in [0.1, 0.15) is 13.2 Å². The molecule has 0 rings (SSSR count). The minimum absolute atomic E-state index is 0.0723. The molecule has 0 fully saturated rings. The molecule has 0 saturated carbocycles. The second-order valence-corrected chi connectivity index (χ2v) is 21.0. The van der Waals surface area contributed by atoms with Crippen molar-refractivity contribution >= 4 is 17.9 Å². The van der Waals surface area contributed by atoms with E-state index in [9.17, 15) is 14.4 Å². The predicted octanol–water partition coefficient (Wildman–Crippen LogP) is 21.0. The van der Waals surface area contributed by atoms with Crippen LogP contribution in [0.3, 0.4) is 0 Å². The highest BCUT2D eigenvalue weighted by molar-refractivity contribution is 5.71. The Kier molecular flexibility index (Phi) is 57.7. The highest BCUT2D eigenvalue weighted by Crippen LogP contribution is 2.17. The number of rotatable bonds is 57. The molecule has 71 heavy (non-hydrogen) atoms. The molecule has 6 heteroatoms. The Morgan fingerprint density at radius 1 is 0.282 bits per heavy atom. The lowest BCUT2D eigenvalue weighted by atomic mass is 10.0. The second kappa shape index (κ2) is 59.9. The Balaban J connectivity index is 4.04. The second-order valence-electron chi connectivity index (χ2n) is 21.0. The maximum atomic E-state index is 12.8. The van der Waals surface area contributed by atoms with E-state index in [1.165, 1.54) is 218 Å². The molecule has 0 N–H and O–H groups in total. The summed E-state index contributed by atoms with van der Waals surface area (Å²) in [5, 5.41) is 0. The van der Waals surface area contributed by atoms with Crippen LogP contribution in [-0.2, 0) is 28.6 Å². The van der Waals surface area contributed by atoms with Crippen molar-refractivity contribution in [1.82, 2.24) is 0 Å². The van der Waals surface area contributed by atoms with Gasteiger partial charge in [-0.15, -0.1) is 0 Å². The SMILES string of the molecule is CCCCCCC/C=C\C/C=C\C/C=C\CCCCCCCCCCCCCCCCC(=O)OCC(COC(=O)CCCCCCCC)OC(=O)CCCCCCCCC/C=C\CCCCCCCCC. The van der Waals surface area contributed by atoms with Crippen LogP contribution < -0.4 is 0 Å². The van der Waals surface area contributed by atoms with E-state index in [1.807, 2.05) is 0 Å². The zero-order valence-electron chi connectivity index (χ0n) is 47.5. The molecule has 0 radical (unpaired) electrons. The maximum absolute atomic E-state index is 12.8. The van der Waals surface area contributed by atoms with Gasteiger partial charge in [-0.3, -0.25) is 14.4 Å². The molecular weight excluding hydrogens is 877 g/mol. The lowest BCUT2D eigenvalue weighted by Gasteiger charge is -2.18. The third kappa shape index (κ3) is 58.1. The van der Waals surface area contributed by atoms with Crippen LogP contribution in [0.4, 0.5) is 0 Å². The fourth-order valence-electron chi connectivity index (χ4n) is 9.09. The van der Waals surface area contributed by atoms with Crippen LogP contribution in [0.15, 0.2) is 48.6 Å². The van der Waals surface area contributed by atoms with E-state index in [2.05, 4.69) is 69.4 Å².